The van der Waals surface area contributed by atoms with E-state index in [1.54, 1.807) is 10.9 Å². The topological polar surface area (TPSA) is 64.0 Å². The second kappa shape index (κ2) is 4.92. The second-order valence-electron chi connectivity index (χ2n) is 4.91. The third-order valence-corrected chi connectivity index (χ3v) is 4.58. The molecule has 1 aliphatic rings. The maximum Gasteiger partial charge on any atom is 0.258 e. The van der Waals surface area contributed by atoms with Crippen molar-refractivity contribution in [3.63, 3.8) is 0 Å². The Balaban J connectivity index is 1.89. The smallest absolute Gasteiger partial charge is 0.258 e. The number of carbonyl (C=O) groups excluding carboxylic acids is 1. The van der Waals surface area contributed by atoms with Crippen molar-refractivity contribution in [2.24, 2.45) is 0 Å². The number of carbonyl (C=O) groups is 1. The van der Waals surface area contributed by atoms with Crippen molar-refractivity contribution < 1.29 is 9.00 Å². The number of hydrogen-bond donors (Lipinski definition) is 1. The lowest BCUT2D eigenvalue weighted by atomic mass is 10.0. The van der Waals surface area contributed by atoms with Crippen LogP contribution in [0.5, 0.6) is 0 Å². The summed E-state index contributed by atoms with van der Waals surface area (Å²) in [6.45, 7) is 0. The van der Waals surface area contributed by atoms with Crippen LogP contribution in [-0.2, 0) is 15.8 Å². The van der Waals surface area contributed by atoms with Crippen LogP contribution in [0, 0.1) is 0 Å². The molecule has 1 aliphatic heterocycles. The van der Waals surface area contributed by atoms with Crippen LogP contribution in [0.15, 0.2) is 60.8 Å². The zero-order valence-electron chi connectivity index (χ0n) is 11.4. The number of benzene rings is 2. The average Bonchev–Trinajstić information content (AvgIpc) is 3.10. The molecule has 4 rings (SSSR count). The minimum absolute atomic E-state index is 0.352. The number of amides is 1. The Morgan fingerprint density at radius 3 is 2.59 bits per heavy atom. The van der Waals surface area contributed by atoms with E-state index in [0.717, 1.165) is 22.0 Å². The normalized spacial score (nSPS) is 17.5. The van der Waals surface area contributed by atoms with Gasteiger partial charge in [-0.25, -0.2) is 8.89 Å². The molecule has 108 valence electrons. The highest BCUT2D eigenvalue weighted by atomic mass is 32.2. The molecule has 5 nitrogen and oxygen atoms in total. The molecule has 1 aromatic heterocycles. The molecule has 0 bridgehead atoms. The van der Waals surface area contributed by atoms with Gasteiger partial charge in [0.05, 0.1) is 11.7 Å². The Bertz CT molecular complexity index is 944. The SMILES string of the molecule is O=C1C=C(n2ncc3ccc(-c4ccccc4)cc32)S(=O)N1. The van der Waals surface area contributed by atoms with E-state index in [9.17, 15) is 9.00 Å². The van der Waals surface area contributed by atoms with Crippen molar-refractivity contribution in [1.29, 1.82) is 0 Å². The van der Waals surface area contributed by atoms with Gasteiger partial charge >= 0.3 is 0 Å². The van der Waals surface area contributed by atoms with Crippen molar-refractivity contribution >= 4 is 32.8 Å². The van der Waals surface area contributed by atoms with E-state index in [2.05, 4.69) is 9.82 Å². The minimum Gasteiger partial charge on any atom is -0.269 e. The summed E-state index contributed by atoms with van der Waals surface area (Å²) in [5, 5.41) is 5.54. The highest BCUT2D eigenvalue weighted by Crippen LogP contribution is 2.27. The van der Waals surface area contributed by atoms with Gasteiger partial charge in [-0.2, -0.15) is 5.10 Å². The fourth-order valence-corrected chi connectivity index (χ4v) is 3.35. The Kier molecular flexibility index (Phi) is 2.90. The molecule has 1 unspecified atom stereocenters. The monoisotopic (exact) mass is 309 g/mol. The maximum absolute atomic E-state index is 11.9. The van der Waals surface area contributed by atoms with Crippen LogP contribution >= 0.6 is 0 Å². The summed E-state index contributed by atoms with van der Waals surface area (Å²) >= 11 is 0. The van der Waals surface area contributed by atoms with Gasteiger partial charge in [0.1, 0.15) is 0 Å². The van der Waals surface area contributed by atoms with Gasteiger partial charge in [0.15, 0.2) is 16.0 Å². The fourth-order valence-electron chi connectivity index (χ4n) is 2.48. The van der Waals surface area contributed by atoms with E-state index in [-0.39, 0.29) is 5.91 Å². The molecule has 6 heteroatoms. The second-order valence-corrected chi connectivity index (χ2v) is 6.07. The Hall–Kier alpha value is -2.73. The largest absolute Gasteiger partial charge is 0.269 e. The number of hydrogen-bond acceptors (Lipinski definition) is 3. The third kappa shape index (κ3) is 2.05. The lowest BCUT2D eigenvalue weighted by molar-refractivity contribution is -0.114. The molecule has 1 amide bonds. The van der Waals surface area contributed by atoms with Gasteiger partial charge in [0.25, 0.3) is 5.91 Å². The van der Waals surface area contributed by atoms with Crippen molar-refractivity contribution in [3.8, 4) is 11.1 Å². The first-order chi connectivity index (χ1) is 10.7. The summed E-state index contributed by atoms with van der Waals surface area (Å²) in [6, 6.07) is 16.0. The van der Waals surface area contributed by atoms with Crippen molar-refractivity contribution in [1.82, 2.24) is 14.5 Å². The molecular weight excluding hydrogens is 298 g/mol. The van der Waals surface area contributed by atoms with E-state index in [1.807, 2.05) is 48.5 Å². The van der Waals surface area contributed by atoms with Crippen molar-refractivity contribution in [2.75, 3.05) is 0 Å². The predicted molar refractivity (Wildman–Crippen MR) is 85.7 cm³/mol. The molecule has 3 aromatic rings. The Morgan fingerprint density at radius 2 is 1.86 bits per heavy atom. The van der Waals surface area contributed by atoms with Crippen LogP contribution in [0.25, 0.3) is 27.1 Å². The van der Waals surface area contributed by atoms with Gasteiger partial charge < -0.3 is 0 Å². The molecule has 0 fully saturated rings. The molecule has 1 N–H and O–H groups in total. The van der Waals surface area contributed by atoms with Gasteiger partial charge in [-0.15, -0.1) is 0 Å². The summed E-state index contributed by atoms with van der Waals surface area (Å²) < 4.78 is 15.8. The van der Waals surface area contributed by atoms with Crippen LogP contribution in [0.2, 0.25) is 0 Å². The summed E-state index contributed by atoms with van der Waals surface area (Å²) in [7, 11) is -1.57. The molecule has 2 heterocycles. The molecule has 1 atom stereocenters. The first kappa shape index (κ1) is 13.0. The van der Waals surface area contributed by atoms with Gasteiger partial charge in [0, 0.05) is 11.5 Å². The Morgan fingerprint density at radius 1 is 1.05 bits per heavy atom. The highest BCUT2D eigenvalue weighted by Gasteiger charge is 2.23. The number of aromatic nitrogens is 2. The molecule has 2 aromatic carbocycles. The van der Waals surface area contributed by atoms with E-state index in [4.69, 9.17) is 0 Å². The zero-order valence-corrected chi connectivity index (χ0v) is 12.2. The van der Waals surface area contributed by atoms with Crippen molar-refractivity contribution in [2.45, 2.75) is 0 Å². The number of nitrogens with zero attached hydrogens (tertiary/aromatic N) is 2. The molecule has 22 heavy (non-hydrogen) atoms. The van der Waals surface area contributed by atoms with Crippen LogP contribution < -0.4 is 4.72 Å². The summed E-state index contributed by atoms with van der Waals surface area (Å²) in [6.07, 6.45) is 3.02. The highest BCUT2D eigenvalue weighted by molar-refractivity contribution is 7.93. The first-order valence-corrected chi connectivity index (χ1v) is 7.85. The van der Waals surface area contributed by atoms with E-state index in [1.165, 1.54) is 6.08 Å². The molecule has 0 spiro atoms. The number of fused-ring (bicyclic) bond motifs is 1. The number of nitrogens with one attached hydrogen (secondary N) is 1. The van der Waals surface area contributed by atoms with E-state index < -0.39 is 11.0 Å². The molecule has 0 saturated heterocycles. The maximum atomic E-state index is 11.9. The Labute approximate surface area is 128 Å². The molecule has 0 saturated carbocycles. The van der Waals surface area contributed by atoms with Crippen LogP contribution in [0.4, 0.5) is 0 Å². The minimum atomic E-state index is -1.57. The van der Waals surface area contributed by atoms with Crippen molar-refractivity contribution in [3.05, 3.63) is 60.8 Å². The van der Waals surface area contributed by atoms with Crippen LogP contribution in [0.1, 0.15) is 0 Å². The lowest BCUT2D eigenvalue weighted by Gasteiger charge is -2.05. The van der Waals surface area contributed by atoms with Gasteiger partial charge in [-0.1, -0.05) is 42.5 Å². The van der Waals surface area contributed by atoms with Crippen LogP contribution in [0.3, 0.4) is 0 Å². The van der Waals surface area contributed by atoms with Gasteiger partial charge in [0.2, 0.25) is 0 Å². The molecule has 0 radical (unpaired) electrons. The van der Waals surface area contributed by atoms with E-state index >= 15 is 0 Å². The third-order valence-electron chi connectivity index (χ3n) is 3.52. The molecule has 0 aliphatic carbocycles. The summed E-state index contributed by atoms with van der Waals surface area (Å²) in [4.78, 5) is 11.4. The summed E-state index contributed by atoms with van der Waals surface area (Å²) in [5.74, 6) is -0.365. The van der Waals surface area contributed by atoms with Gasteiger partial charge in [-0.3, -0.25) is 9.52 Å². The summed E-state index contributed by atoms with van der Waals surface area (Å²) in [5.41, 5.74) is 2.95. The predicted octanol–water partition coefficient (Wildman–Crippen LogP) is 2.30. The standard InChI is InChI=1S/C16H11N3O2S/c20-15-9-16(22(21)18-15)19-14-8-12(6-7-13(14)10-17-19)11-4-2-1-3-5-11/h1-10H,(H,18,20). The van der Waals surface area contributed by atoms with E-state index in [0.29, 0.717) is 5.03 Å². The van der Waals surface area contributed by atoms with Gasteiger partial charge in [-0.05, 0) is 17.2 Å². The fraction of sp³-hybridized carbons (Fsp3) is 0. The van der Waals surface area contributed by atoms with Crippen LogP contribution in [-0.4, -0.2) is 19.9 Å². The first-order valence-electron chi connectivity index (χ1n) is 6.70. The quantitative estimate of drug-likeness (QED) is 0.790. The number of rotatable bonds is 2. The zero-order chi connectivity index (χ0) is 15.1. The molecular formula is C16H11N3O2S. The lowest BCUT2D eigenvalue weighted by Crippen LogP contribution is -2.17. The average molecular weight is 309 g/mol.